The quantitative estimate of drug-likeness (QED) is 0.211. The predicted octanol–water partition coefficient (Wildman–Crippen LogP) is 2.89. The number of aryl methyl sites for hydroxylation is 3. The van der Waals surface area contributed by atoms with Gasteiger partial charge in [-0.05, 0) is 68.0 Å². The molecule has 0 amide bonds. The van der Waals surface area contributed by atoms with E-state index in [1.165, 1.54) is 18.2 Å². The maximum absolute atomic E-state index is 13.4. The Bertz CT molecular complexity index is 1300. The van der Waals surface area contributed by atoms with Gasteiger partial charge in [-0.15, -0.1) is 0 Å². The lowest BCUT2D eigenvalue weighted by Crippen LogP contribution is -2.26. The molecule has 2 aromatic heterocycles. The van der Waals surface area contributed by atoms with Crippen molar-refractivity contribution in [1.82, 2.24) is 15.0 Å². The lowest BCUT2D eigenvalue weighted by Gasteiger charge is -2.14. The van der Waals surface area contributed by atoms with Gasteiger partial charge in [-0.25, -0.2) is 10.5 Å². The van der Waals surface area contributed by atoms with Crippen molar-refractivity contribution in [2.75, 3.05) is 20.8 Å². The molecule has 3 heterocycles. The summed E-state index contributed by atoms with van der Waals surface area (Å²) in [5.74, 6) is 0. The van der Waals surface area contributed by atoms with Crippen LogP contribution in [0.4, 0.5) is 0 Å². The van der Waals surface area contributed by atoms with Crippen LogP contribution in [-0.2, 0) is 33.9 Å². The summed E-state index contributed by atoms with van der Waals surface area (Å²) in [4.78, 5) is 35.0. The molecule has 8 nitrogen and oxygen atoms in total. The molecule has 180 valence electrons. The number of nitrogens with zero attached hydrogens (tertiary/aromatic N) is 2. The summed E-state index contributed by atoms with van der Waals surface area (Å²) >= 11 is 0. The monoisotopic (exact) mass is 465 g/mol. The highest BCUT2D eigenvalue weighted by atomic mass is 16.6. The predicted molar refractivity (Wildman–Crippen MR) is 130 cm³/mol. The number of hydrogen-bond acceptors (Lipinski definition) is 7. The van der Waals surface area contributed by atoms with Crippen LogP contribution >= 0.6 is 0 Å². The van der Waals surface area contributed by atoms with E-state index in [1.54, 1.807) is 17.7 Å². The molecule has 1 aromatic carbocycles. The van der Waals surface area contributed by atoms with Gasteiger partial charge in [-0.1, -0.05) is 0 Å². The van der Waals surface area contributed by atoms with Crippen LogP contribution in [0.5, 0.6) is 0 Å². The third kappa shape index (κ3) is 4.30. The Morgan fingerprint density at radius 3 is 2.68 bits per heavy atom. The molecule has 0 fully saturated rings. The van der Waals surface area contributed by atoms with Crippen LogP contribution < -0.4 is 11.0 Å². The number of aldehydes is 1. The first-order valence-electron chi connectivity index (χ1n) is 11.5. The molecule has 0 bridgehead atoms. The Morgan fingerprint density at radius 1 is 1.21 bits per heavy atom. The molecule has 34 heavy (non-hydrogen) atoms. The molecular formula is C26H31N3O5. The molecule has 0 radical (unpaired) electrons. The van der Waals surface area contributed by atoms with Gasteiger partial charge in [0.1, 0.15) is 6.10 Å². The maximum atomic E-state index is 13.4. The molecule has 1 unspecified atom stereocenters. The minimum Gasteiger partial charge on any atom is -0.381 e. The summed E-state index contributed by atoms with van der Waals surface area (Å²) in [6.07, 6.45) is 1.68. The Kier molecular flexibility index (Phi) is 7.23. The third-order valence-corrected chi connectivity index (χ3v) is 6.62. The smallest absolute Gasteiger partial charge is 0.257 e. The number of rotatable bonds is 10. The molecule has 1 aliphatic heterocycles. The van der Waals surface area contributed by atoms with Gasteiger partial charge in [-0.3, -0.25) is 4.79 Å². The van der Waals surface area contributed by atoms with Gasteiger partial charge in [-0.2, -0.15) is 0 Å². The lowest BCUT2D eigenvalue weighted by atomic mass is 9.94. The average molecular weight is 466 g/mol. The zero-order valence-electron chi connectivity index (χ0n) is 20.1. The van der Waals surface area contributed by atoms with Crippen LogP contribution in [0, 0.1) is 13.8 Å². The fraction of sp³-hybridized carbons (Fsp3) is 0.423. The number of hydroxylamine groups is 1. The van der Waals surface area contributed by atoms with E-state index in [-0.39, 0.29) is 17.7 Å². The molecule has 2 N–H and O–H groups in total. The second-order valence-electron chi connectivity index (χ2n) is 8.75. The fourth-order valence-corrected chi connectivity index (χ4v) is 4.72. The minimum atomic E-state index is -1.40. The van der Waals surface area contributed by atoms with Crippen molar-refractivity contribution in [3.63, 3.8) is 0 Å². The first-order chi connectivity index (χ1) is 16.4. The number of hydrogen-bond donors (Lipinski definition) is 2. The van der Waals surface area contributed by atoms with Gasteiger partial charge in [0.2, 0.25) is 0 Å². The maximum Gasteiger partial charge on any atom is 0.257 e. The van der Waals surface area contributed by atoms with E-state index < -0.39 is 6.10 Å². The van der Waals surface area contributed by atoms with Crippen LogP contribution in [-0.4, -0.2) is 41.7 Å². The molecule has 1 aliphatic rings. The summed E-state index contributed by atoms with van der Waals surface area (Å²) in [5.41, 5.74) is 9.77. The van der Waals surface area contributed by atoms with Gasteiger partial charge in [0, 0.05) is 36.2 Å². The number of aromatic nitrogens is 2. The van der Waals surface area contributed by atoms with Crippen LogP contribution in [0.3, 0.4) is 0 Å². The number of aliphatic hydroxyl groups is 1. The van der Waals surface area contributed by atoms with E-state index >= 15 is 0 Å². The largest absolute Gasteiger partial charge is 0.381 e. The van der Waals surface area contributed by atoms with Crippen LogP contribution in [0.2, 0.25) is 0 Å². The molecule has 0 saturated heterocycles. The van der Waals surface area contributed by atoms with E-state index in [4.69, 9.17) is 14.6 Å². The number of nitrogens with one attached hydrogen (secondary N) is 1. The van der Waals surface area contributed by atoms with Crippen molar-refractivity contribution >= 4 is 17.2 Å². The number of methoxy groups -OCH3 is 1. The van der Waals surface area contributed by atoms with Gasteiger partial charge in [0.05, 0.1) is 36.7 Å². The number of pyridine rings is 2. The number of benzene rings is 1. The molecule has 8 heteroatoms. The van der Waals surface area contributed by atoms with Crippen molar-refractivity contribution in [3.8, 4) is 11.4 Å². The summed E-state index contributed by atoms with van der Waals surface area (Å²) < 4.78 is 6.89. The van der Waals surface area contributed by atoms with Gasteiger partial charge >= 0.3 is 0 Å². The van der Waals surface area contributed by atoms with E-state index in [1.807, 2.05) is 0 Å². The van der Waals surface area contributed by atoms with E-state index in [2.05, 4.69) is 31.5 Å². The SMILES string of the molecule is CNOCCCCc1c2c(nc3cc(C)c(C)cc13)-c1cc(C(O)C=O)c(COC)c(=O)n1C2. The summed E-state index contributed by atoms with van der Waals surface area (Å²) in [6, 6.07) is 5.98. The second kappa shape index (κ2) is 10.1. The second-order valence-corrected chi connectivity index (χ2v) is 8.75. The van der Waals surface area contributed by atoms with Crippen molar-refractivity contribution < 1.29 is 19.5 Å². The summed E-state index contributed by atoms with van der Waals surface area (Å²) in [7, 11) is 3.23. The molecular weight excluding hydrogens is 434 g/mol. The fourth-order valence-electron chi connectivity index (χ4n) is 4.72. The van der Waals surface area contributed by atoms with Crippen LogP contribution in [0.15, 0.2) is 23.0 Å². The van der Waals surface area contributed by atoms with Gasteiger partial charge in [0.25, 0.3) is 5.56 Å². The number of fused-ring (bicyclic) bond motifs is 4. The first kappa shape index (κ1) is 24.2. The van der Waals surface area contributed by atoms with Crippen LogP contribution in [0.25, 0.3) is 22.3 Å². The highest BCUT2D eigenvalue weighted by Gasteiger charge is 2.29. The standard InChI is InChI=1S/C26H31N3O5/c1-15-9-18-17(7-5-6-8-34-27-3)20-12-29-23(25(20)28-22(18)10-16(15)2)11-19(24(31)13-30)21(14-33-4)26(29)32/h9-11,13,24,27,31H,5-8,12,14H2,1-4H3. The molecule has 0 saturated carbocycles. The summed E-state index contributed by atoms with van der Waals surface area (Å²) in [6.45, 7) is 5.19. The number of unbranched alkanes of at least 4 members (excludes halogenated alkanes) is 1. The van der Waals surface area contributed by atoms with E-state index in [0.29, 0.717) is 30.7 Å². The average Bonchev–Trinajstić information content (AvgIpc) is 3.19. The number of aliphatic hydroxyl groups excluding tert-OH is 1. The third-order valence-electron chi connectivity index (χ3n) is 6.62. The zero-order chi connectivity index (χ0) is 24.4. The van der Waals surface area contributed by atoms with Gasteiger partial charge in [0.15, 0.2) is 6.29 Å². The first-order valence-corrected chi connectivity index (χ1v) is 11.5. The lowest BCUT2D eigenvalue weighted by molar-refractivity contribution is -0.115. The molecule has 3 aromatic rings. The Morgan fingerprint density at radius 2 is 1.97 bits per heavy atom. The molecule has 1 atom stereocenters. The Hall–Kier alpha value is -2.91. The normalized spacial score (nSPS) is 13.2. The highest BCUT2D eigenvalue weighted by Crippen LogP contribution is 2.38. The van der Waals surface area contributed by atoms with Crippen molar-refractivity contribution in [3.05, 3.63) is 61.9 Å². The Labute approximate surface area is 198 Å². The molecule has 0 aliphatic carbocycles. The zero-order valence-corrected chi connectivity index (χ0v) is 20.1. The minimum absolute atomic E-state index is 0.0157. The van der Waals surface area contributed by atoms with Crippen molar-refractivity contribution in [2.45, 2.75) is 52.4 Å². The van der Waals surface area contributed by atoms with Crippen LogP contribution in [0.1, 0.15) is 52.3 Å². The highest BCUT2D eigenvalue weighted by molar-refractivity contribution is 5.89. The van der Waals surface area contributed by atoms with Crippen molar-refractivity contribution in [2.24, 2.45) is 0 Å². The number of ether oxygens (including phenoxy) is 1. The summed E-state index contributed by atoms with van der Waals surface area (Å²) in [5, 5.41) is 11.4. The molecule has 0 spiro atoms. The topological polar surface area (TPSA) is 103 Å². The van der Waals surface area contributed by atoms with Crippen molar-refractivity contribution in [1.29, 1.82) is 0 Å². The number of carbonyl (C=O) groups is 1. The number of carbonyl (C=O) groups excluding carboxylic acids is 1. The van der Waals surface area contributed by atoms with Gasteiger partial charge < -0.3 is 24.0 Å². The molecule has 4 rings (SSSR count). The van der Waals surface area contributed by atoms with E-state index in [0.717, 1.165) is 47.0 Å². The Balaban J connectivity index is 1.90. The van der Waals surface area contributed by atoms with E-state index in [9.17, 15) is 14.7 Å².